The summed E-state index contributed by atoms with van der Waals surface area (Å²) in [6.07, 6.45) is 0. The highest BCUT2D eigenvalue weighted by Gasteiger charge is 2.21. The molecule has 0 aliphatic carbocycles. The van der Waals surface area contributed by atoms with E-state index in [1.54, 1.807) is 6.92 Å². The lowest BCUT2D eigenvalue weighted by atomic mass is 10.2. The molecule has 1 aromatic rings. The molecule has 0 saturated heterocycles. The van der Waals surface area contributed by atoms with Gasteiger partial charge in [0.25, 0.3) is 0 Å². The molecule has 0 bridgehead atoms. The maximum absolute atomic E-state index is 13.2. The van der Waals surface area contributed by atoms with Gasteiger partial charge in [-0.2, -0.15) is 0 Å². The number of aliphatic hydroxyl groups is 1. The van der Waals surface area contributed by atoms with Crippen LogP contribution in [-0.2, 0) is 10.0 Å². The van der Waals surface area contributed by atoms with Crippen LogP contribution in [0.4, 0.5) is 4.39 Å². The van der Waals surface area contributed by atoms with E-state index in [1.807, 2.05) is 19.0 Å². The number of rotatable bonds is 5. The highest BCUT2D eigenvalue weighted by molar-refractivity contribution is 7.89. The number of benzene rings is 1. The summed E-state index contributed by atoms with van der Waals surface area (Å²) in [6.45, 7) is 1.83. The van der Waals surface area contributed by atoms with Gasteiger partial charge >= 0.3 is 0 Å². The summed E-state index contributed by atoms with van der Waals surface area (Å²) in [5, 5.41) is 8.70. The molecule has 1 unspecified atom stereocenters. The second kappa shape index (κ2) is 7.52. The lowest BCUT2D eigenvalue weighted by Crippen LogP contribution is -2.39. The molecular weight excluding hydrogens is 295 g/mol. The molecule has 2 N–H and O–H groups in total. The van der Waals surface area contributed by atoms with Crippen molar-refractivity contribution in [3.8, 4) is 11.8 Å². The van der Waals surface area contributed by atoms with Crippen molar-refractivity contribution in [1.82, 2.24) is 9.62 Å². The van der Waals surface area contributed by atoms with E-state index < -0.39 is 22.4 Å². The van der Waals surface area contributed by atoms with E-state index in [4.69, 9.17) is 5.11 Å². The molecule has 0 aliphatic rings. The minimum Gasteiger partial charge on any atom is -0.384 e. The SMILES string of the molecule is CC(CN(C)C)NS(=O)(=O)c1ccc(F)cc1C#CCO. The second-order valence-corrected chi connectivity index (χ2v) is 6.57. The minimum atomic E-state index is -3.81. The molecule has 21 heavy (non-hydrogen) atoms. The predicted octanol–water partition coefficient (Wildman–Crippen LogP) is 0.398. The Labute approximate surface area is 124 Å². The third kappa shape index (κ3) is 5.44. The topological polar surface area (TPSA) is 69.6 Å². The van der Waals surface area contributed by atoms with Crippen molar-refractivity contribution < 1.29 is 17.9 Å². The van der Waals surface area contributed by atoms with Gasteiger partial charge in [0.15, 0.2) is 0 Å². The van der Waals surface area contributed by atoms with Gasteiger partial charge in [-0.1, -0.05) is 11.8 Å². The van der Waals surface area contributed by atoms with Crippen molar-refractivity contribution in [3.63, 3.8) is 0 Å². The molecule has 7 heteroatoms. The molecule has 0 fully saturated rings. The molecule has 0 amide bonds. The van der Waals surface area contributed by atoms with Crippen molar-refractivity contribution in [1.29, 1.82) is 0 Å². The van der Waals surface area contributed by atoms with Crippen molar-refractivity contribution in [2.75, 3.05) is 27.2 Å². The van der Waals surface area contributed by atoms with Crippen LogP contribution < -0.4 is 4.72 Å². The number of nitrogens with zero attached hydrogens (tertiary/aromatic N) is 1. The molecule has 0 saturated carbocycles. The van der Waals surface area contributed by atoms with Crippen LogP contribution in [-0.4, -0.2) is 51.7 Å². The number of hydrogen-bond acceptors (Lipinski definition) is 4. The molecule has 0 radical (unpaired) electrons. The Morgan fingerprint density at radius 3 is 2.67 bits per heavy atom. The van der Waals surface area contributed by atoms with Crippen LogP contribution in [0.2, 0.25) is 0 Å². The zero-order chi connectivity index (χ0) is 16.0. The summed E-state index contributed by atoms with van der Waals surface area (Å²) in [6, 6.07) is 2.96. The first kappa shape index (κ1) is 17.6. The maximum Gasteiger partial charge on any atom is 0.242 e. The van der Waals surface area contributed by atoms with Gasteiger partial charge in [0.05, 0.1) is 4.90 Å². The number of likely N-dealkylation sites (N-methyl/N-ethyl adjacent to an activating group) is 1. The van der Waals surface area contributed by atoms with Gasteiger partial charge in [0, 0.05) is 18.2 Å². The van der Waals surface area contributed by atoms with Crippen LogP contribution in [0.15, 0.2) is 23.1 Å². The first-order valence-electron chi connectivity index (χ1n) is 6.32. The molecule has 0 spiro atoms. The van der Waals surface area contributed by atoms with Gasteiger partial charge in [-0.05, 0) is 39.2 Å². The number of nitrogens with one attached hydrogen (secondary N) is 1. The summed E-state index contributed by atoms with van der Waals surface area (Å²) in [5.41, 5.74) is 0.0219. The largest absolute Gasteiger partial charge is 0.384 e. The highest BCUT2D eigenvalue weighted by Crippen LogP contribution is 2.16. The number of sulfonamides is 1. The van der Waals surface area contributed by atoms with E-state index in [2.05, 4.69) is 16.6 Å². The minimum absolute atomic E-state index is 0.0219. The van der Waals surface area contributed by atoms with E-state index in [0.717, 1.165) is 12.1 Å². The molecule has 116 valence electrons. The van der Waals surface area contributed by atoms with Gasteiger partial charge < -0.3 is 10.0 Å². The number of halogens is 1. The van der Waals surface area contributed by atoms with Crippen LogP contribution in [0.1, 0.15) is 12.5 Å². The first-order chi connectivity index (χ1) is 9.76. The van der Waals surface area contributed by atoms with Crippen LogP contribution >= 0.6 is 0 Å². The standard InChI is InChI=1S/C14H19FN2O3S/c1-11(10-17(2)3)16-21(19,20)14-7-6-13(15)9-12(14)5-4-8-18/h6-7,9,11,16,18H,8,10H2,1-3H3. The van der Waals surface area contributed by atoms with Crippen LogP contribution in [0.5, 0.6) is 0 Å². The molecule has 0 heterocycles. The molecular formula is C14H19FN2O3S. The maximum atomic E-state index is 13.2. The van der Waals surface area contributed by atoms with Crippen LogP contribution in [0.3, 0.4) is 0 Å². The van der Waals surface area contributed by atoms with Gasteiger partial charge in [-0.3, -0.25) is 0 Å². The van der Waals surface area contributed by atoms with E-state index in [0.29, 0.717) is 6.54 Å². The Kier molecular flexibility index (Phi) is 6.30. The summed E-state index contributed by atoms with van der Waals surface area (Å²) in [4.78, 5) is 1.75. The van der Waals surface area contributed by atoms with Gasteiger partial charge in [-0.25, -0.2) is 17.5 Å². The van der Waals surface area contributed by atoms with E-state index in [-0.39, 0.29) is 16.5 Å². The lowest BCUT2D eigenvalue weighted by molar-refractivity contribution is 0.350. The molecule has 1 aromatic carbocycles. The Morgan fingerprint density at radius 1 is 1.43 bits per heavy atom. The molecule has 1 rings (SSSR count). The smallest absolute Gasteiger partial charge is 0.242 e. The quantitative estimate of drug-likeness (QED) is 0.772. The van der Waals surface area contributed by atoms with Gasteiger partial charge in [0.1, 0.15) is 12.4 Å². The second-order valence-electron chi connectivity index (χ2n) is 4.88. The number of aliphatic hydroxyl groups excluding tert-OH is 1. The third-order valence-corrected chi connectivity index (χ3v) is 4.18. The molecule has 1 atom stereocenters. The Hall–Kier alpha value is -1.46. The fourth-order valence-corrected chi connectivity index (χ4v) is 3.26. The Balaban J connectivity index is 3.13. The van der Waals surface area contributed by atoms with Crippen LogP contribution in [0, 0.1) is 17.7 Å². The average Bonchev–Trinajstić information content (AvgIpc) is 2.34. The average molecular weight is 314 g/mol. The monoisotopic (exact) mass is 314 g/mol. The first-order valence-corrected chi connectivity index (χ1v) is 7.81. The predicted molar refractivity (Wildman–Crippen MR) is 78.7 cm³/mol. The molecule has 0 aromatic heterocycles. The van der Waals surface area contributed by atoms with Gasteiger partial charge in [-0.15, -0.1) is 0 Å². The fourth-order valence-electron chi connectivity index (χ4n) is 1.88. The zero-order valence-electron chi connectivity index (χ0n) is 12.2. The number of hydrogen-bond donors (Lipinski definition) is 2. The lowest BCUT2D eigenvalue weighted by Gasteiger charge is -2.18. The van der Waals surface area contributed by atoms with Crippen molar-refractivity contribution in [2.45, 2.75) is 17.9 Å². The highest BCUT2D eigenvalue weighted by atomic mass is 32.2. The van der Waals surface area contributed by atoms with E-state index in [9.17, 15) is 12.8 Å². The normalized spacial score (nSPS) is 12.9. The summed E-state index contributed by atoms with van der Waals surface area (Å²) >= 11 is 0. The Bertz CT molecular complexity index is 648. The van der Waals surface area contributed by atoms with Crippen molar-refractivity contribution in [3.05, 3.63) is 29.6 Å². The van der Waals surface area contributed by atoms with E-state index >= 15 is 0 Å². The molecule has 0 aliphatic heterocycles. The summed E-state index contributed by atoms with van der Waals surface area (Å²) in [7, 11) is -0.142. The fraction of sp³-hybridized carbons (Fsp3) is 0.429. The van der Waals surface area contributed by atoms with Crippen molar-refractivity contribution in [2.24, 2.45) is 0 Å². The van der Waals surface area contributed by atoms with Gasteiger partial charge in [0.2, 0.25) is 10.0 Å². The van der Waals surface area contributed by atoms with Crippen molar-refractivity contribution >= 4 is 10.0 Å². The summed E-state index contributed by atoms with van der Waals surface area (Å²) < 4.78 is 40.4. The van der Waals surface area contributed by atoms with E-state index in [1.165, 1.54) is 6.07 Å². The summed E-state index contributed by atoms with van der Waals surface area (Å²) in [5.74, 6) is 4.20. The third-order valence-electron chi connectivity index (χ3n) is 2.53. The Morgan fingerprint density at radius 2 is 2.10 bits per heavy atom. The zero-order valence-corrected chi connectivity index (χ0v) is 13.0. The molecule has 5 nitrogen and oxygen atoms in total. The van der Waals surface area contributed by atoms with Crippen LogP contribution in [0.25, 0.3) is 0 Å².